The summed E-state index contributed by atoms with van der Waals surface area (Å²) in [5, 5.41) is 30.2. The van der Waals surface area contributed by atoms with Gasteiger partial charge in [-0.05, 0) is 78.4 Å². The first kappa shape index (κ1) is 30.6. The average molecular weight is 667 g/mol. The van der Waals surface area contributed by atoms with Crippen molar-refractivity contribution >= 4 is 50.1 Å². The van der Waals surface area contributed by atoms with Crippen molar-refractivity contribution in [3.8, 4) is 45.6 Å². The number of hydrogen-bond donors (Lipinski definition) is 1. The second kappa shape index (κ2) is 11.8. The fourth-order valence-electron chi connectivity index (χ4n) is 5.44. The van der Waals surface area contributed by atoms with Crippen molar-refractivity contribution in [2.45, 2.75) is 4.90 Å². The molecule has 0 saturated heterocycles. The third kappa shape index (κ3) is 5.17. The maximum absolute atomic E-state index is 15.0. The van der Waals surface area contributed by atoms with E-state index in [9.17, 15) is 33.2 Å². The molecule has 46 heavy (non-hydrogen) atoms. The van der Waals surface area contributed by atoms with Gasteiger partial charge in [0.25, 0.3) is 10.0 Å². The monoisotopic (exact) mass is 665 g/mol. The summed E-state index contributed by atoms with van der Waals surface area (Å²) in [6, 6.07) is 28.8. The van der Waals surface area contributed by atoms with Gasteiger partial charge in [0.05, 0.1) is 44.9 Å². The number of nitrogens with zero attached hydrogens (tertiary/aromatic N) is 3. The van der Waals surface area contributed by atoms with E-state index in [1.54, 1.807) is 30.3 Å². The van der Waals surface area contributed by atoms with Crippen molar-refractivity contribution in [1.29, 1.82) is 10.5 Å². The van der Waals surface area contributed by atoms with Gasteiger partial charge < -0.3 is 5.11 Å². The molecule has 0 unspecified atom stereocenters. The molecule has 0 aliphatic rings. The summed E-state index contributed by atoms with van der Waals surface area (Å²) < 4.78 is 45.1. The van der Waals surface area contributed by atoms with Gasteiger partial charge in [-0.1, -0.05) is 53.5 Å². The minimum absolute atomic E-state index is 0.0134. The Kier molecular flexibility index (Phi) is 7.85. The molecule has 6 aromatic rings. The van der Waals surface area contributed by atoms with Gasteiger partial charge in [0.2, 0.25) is 0 Å². The lowest BCUT2D eigenvalue weighted by Crippen LogP contribution is -2.14. The van der Waals surface area contributed by atoms with Gasteiger partial charge in [-0.2, -0.15) is 10.5 Å². The van der Waals surface area contributed by atoms with Gasteiger partial charge in [-0.15, -0.1) is 0 Å². The molecule has 224 valence electrons. The summed E-state index contributed by atoms with van der Waals surface area (Å²) in [6.45, 7) is 0. The third-order valence-electron chi connectivity index (χ3n) is 7.46. The van der Waals surface area contributed by atoms with E-state index >= 15 is 0 Å². The second-order valence-electron chi connectivity index (χ2n) is 10.1. The molecule has 1 N–H and O–H groups in total. The lowest BCUT2D eigenvalue weighted by atomic mass is 9.90. The summed E-state index contributed by atoms with van der Waals surface area (Å²) in [4.78, 5) is 11.4. The largest absolute Gasteiger partial charge is 0.478 e. The smallest absolute Gasteiger partial charge is 0.335 e. The van der Waals surface area contributed by atoms with Crippen molar-refractivity contribution in [2.75, 3.05) is 0 Å². The van der Waals surface area contributed by atoms with Crippen LogP contribution in [0.2, 0.25) is 10.0 Å². The zero-order chi connectivity index (χ0) is 32.7. The third-order valence-corrected chi connectivity index (χ3v) is 9.75. The molecule has 7 nitrogen and oxygen atoms in total. The number of carboxylic acid groups (broad SMARTS) is 1. The molecule has 0 radical (unpaired) electrons. The van der Waals surface area contributed by atoms with Gasteiger partial charge >= 0.3 is 5.97 Å². The molecular formula is C35H18Cl2FN3O4S. The van der Waals surface area contributed by atoms with E-state index in [-0.39, 0.29) is 54.3 Å². The molecule has 1 heterocycles. The van der Waals surface area contributed by atoms with Crippen LogP contribution in [0.4, 0.5) is 4.39 Å². The number of aromatic nitrogens is 1. The minimum Gasteiger partial charge on any atom is -0.478 e. The molecule has 1 aromatic heterocycles. The van der Waals surface area contributed by atoms with E-state index in [1.807, 2.05) is 0 Å². The van der Waals surface area contributed by atoms with Crippen molar-refractivity contribution < 1.29 is 22.7 Å². The van der Waals surface area contributed by atoms with Crippen LogP contribution in [-0.2, 0) is 10.0 Å². The van der Waals surface area contributed by atoms with Gasteiger partial charge in [0, 0.05) is 37.7 Å². The number of rotatable bonds is 6. The Hall–Kier alpha value is -5.45. The Bertz CT molecular complexity index is 2390. The molecule has 0 fully saturated rings. The van der Waals surface area contributed by atoms with Crippen LogP contribution in [0.5, 0.6) is 0 Å². The number of aromatic carboxylic acids is 1. The fraction of sp³-hybridized carbons (Fsp3) is 0. The fourth-order valence-corrected chi connectivity index (χ4v) is 7.40. The van der Waals surface area contributed by atoms with E-state index in [0.717, 1.165) is 10.0 Å². The molecular weight excluding hydrogens is 648 g/mol. The van der Waals surface area contributed by atoms with Crippen molar-refractivity contribution in [1.82, 2.24) is 3.97 Å². The normalized spacial score (nSPS) is 11.2. The highest BCUT2D eigenvalue weighted by Gasteiger charge is 2.31. The molecule has 6 rings (SSSR count). The summed E-state index contributed by atoms with van der Waals surface area (Å²) in [5.74, 6) is -1.81. The summed E-state index contributed by atoms with van der Waals surface area (Å²) >= 11 is 12.6. The van der Waals surface area contributed by atoms with E-state index < -0.39 is 21.8 Å². The lowest BCUT2D eigenvalue weighted by molar-refractivity contribution is 0.0697. The number of nitriles is 2. The first-order valence-corrected chi connectivity index (χ1v) is 15.7. The summed E-state index contributed by atoms with van der Waals surface area (Å²) in [5.41, 5.74) is 1.93. The quantitative estimate of drug-likeness (QED) is 0.190. The number of fused-ring (bicyclic) bond motifs is 1. The Morgan fingerprint density at radius 1 is 0.783 bits per heavy atom. The number of hydrogen-bond acceptors (Lipinski definition) is 5. The maximum atomic E-state index is 15.0. The van der Waals surface area contributed by atoms with E-state index in [4.69, 9.17) is 23.2 Å². The molecule has 0 bridgehead atoms. The number of carbonyl (C=O) groups is 1. The molecule has 0 amide bonds. The topological polar surface area (TPSA) is 124 Å². The Morgan fingerprint density at radius 2 is 1.43 bits per heavy atom. The number of benzene rings is 5. The predicted octanol–water partition coefficient (Wildman–Crippen LogP) is 8.77. The van der Waals surface area contributed by atoms with E-state index in [2.05, 4.69) is 12.1 Å². The minimum atomic E-state index is -4.42. The Balaban J connectivity index is 1.78. The van der Waals surface area contributed by atoms with Crippen LogP contribution in [0.25, 0.3) is 44.4 Å². The Labute approximate surface area is 272 Å². The van der Waals surface area contributed by atoms with Crippen LogP contribution >= 0.6 is 23.2 Å². The number of carboxylic acids is 1. The van der Waals surface area contributed by atoms with Crippen LogP contribution < -0.4 is 0 Å². The van der Waals surface area contributed by atoms with Gasteiger partial charge in [0.1, 0.15) is 5.82 Å². The molecule has 0 aliphatic carbocycles. The van der Waals surface area contributed by atoms with Crippen LogP contribution in [0.1, 0.15) is 21.5 Å². The first-order valence-electron chi connectivity index (χ1n) is 13.5. The van der Waals surface area contributed by atoms with E-state index in [0.29, 0.717) is 21.7 Å². The van der Waals surface area contributed by atoms with Crippen LogP contribution in [0.3, 0.4) is 0 Å². The average Bonchev–Trinajstić information content (AvgIpc) is 3.39. The lowest BCUT2D eigenvalue weighted by Gasteiger charge is -2.16. The molecule has 11 heteroatoms. The van der Waals surface area contributed by atoms with Crippen LogP contribution in [0, 0.1) is 28.5 Å². The first-order chi connectivity index (χ1) is 22.0. The van der Waals surface area contributed by atoms with E-state index in [1.165, 1.54) is 66.7 Å². The summed E-state index contributed by atoms with van der Waals surface area (Å²) in [6.07, 6.45) is 0. The highest BCUT2D eigenvalue weighted by molar-refractivity contribution is 7.90. The van der Waals surface area contributed by atoms with Crippen molar-refractivity contribution in [3.05, 3.63) is 136 Å². The predicted molar refractivity (Wildman–Crippen MR) is 174 cm³/mol. The van der Waals surface area contributed by atoms with Crippen LogP contribution in [-0.4, -0.2) is 23.5 Å². The number of halogens is 3. The highest BCUT2D eigenvalue weighted by atomic mass is 35.5. The Morgan fingerprint density at radius 3 is 2.07 bits per heavy atom. The molecule has 0 spiro atoms. The molecule has 0 atom stereocenters. The van der Waals surface area contributed by atoms with Crippen molar-refractivity contribution in [2.24, 2.45) is 0 Å². The van der Waals surface area contributed by atoms with Crippen molar-refractivity contribution in [3.63, 3.8) is 0 Å². The van der Waals surface area contributed by atoms with Gasteiger partial charge in [0.15, 0.2) is 0 Å². The van der Waals surface area contributed by atoms with Gasteiger partial charge in [-0.25, -0.2) is 21.6 Å². The second-order valence-corrected chi connectivity index (χ2v) is 12.8. The van der Waals surface area contributed by atoms with Crippen LogP contribution in [0.15, 0.2) is 108 Å². The highest BCUT2D eigenvalue weighted by Crippen LogP contribution is 2.46. The van der Waals surface area contributed by atoms with Gasteiger partial charge in [-0.3, -0.25) is 0 Å². The summed E-state index contributed by atoms with van der Waals surface area (Å²) in [7, 11) is -4.42. The zero-order valence-electron chi connectivity index (χ0n) is 23.4. The molecule has 0 aliphatic heterocycles. The standard InChI is InChI=1S/C35H18Cl2FN3O4S/c36-25-8-11-27(12-9-25)46(44,45)41-31-14-10-26(38)17-29(31)33(32-23(18-39)5-2-6-24(32)19-40)34(41)21-4-1-3-20(15-21)28-13-7-22(35(42)43)16-30(28)37/h1-17H,(H,42,43). The zero-order valence-corrected chi connectivity index (χ0v) is 25.7. The SMILES string of the molecule is N#Cc1cccc(C#N)c1-c1c(-c2cccc(-c3ccc(C(=O)O)cc3Cl)c2)n(S(=O)(=O)c2ccc(Cl)cc2)c2ccc(F)cc12. The maximum Gasteiger partial charge on any atom is 0.335 e. The molecule has 5 aromatic carbocycles. The molecule has 0 saturated carbocycles.